The minimum atomic E-state index is -0.538. The van der Waals surface area contributed by atoms with Crippen LogP contribution in [0, 0.1) is 18.3 Å². The van der Waals surface area contributed by atoms with Crippen molar-refractivity contribution in [1.29, 1.82) is 5.26 Å². The Bertz CT molecular complexity index is 1560. The van der Waals surface area contributed by atoms with Gasteiger partial charge in [-0.2, -0.15) is 5.26 Å². The second-order valence-corrected chi connectivity index (χ2v) is 10.4. The Morgan fingerprint density at radius 1 is 0.974 bits per heavy atom. The summed E-state index contributed by atoms with van der Waals surface area (Å²) in [6.45, 7) is 2.65. The quantitative estimate of drug-likeness (QED) is 0.150. The molecule has 0 spiro atoms. The van der Waals surface area contributed by atoms with E-state index in [2.05, 4.69) is 21.2 Å². The number of hydrogen-bond acceptors (Lipinski definition) is 4. The summed E-state index contributed by atoms with van der Waals surface area (Å²) in [4.78, 5) is 12.9. The summed E-state index contributed by atoms with van der Waals surface area (Å²) in [5.74, 6) is 0.617. The van der Waals surface area contributed by atoms with Crippen molar-refractivity contribution in [1.82, 2.24) is 0 Å². The molecule has 0 aromatic heterocycles. The predicted octanol–water partition coefficient (Wildman–Crippen LogP) is 8.77. The van der Waals surface area contributed by atoms with E-state index in [0.717, 1.165) is 21.2 Å². The van der Waals surface area contributed by atoms with Gasteiger partial charge in [-0.05, 0) is 73.2 Å². The molecule has 1 amide bonds. The lowest BCUT2D eigenvalue weighted by Gasteiger charge is -2.11. The Balaban J connectivity index is 1.42. The van der Waals surface area contributed by atoms with Gasteiger partial charge >= 0.3 is 0 Å². The maximum absolute atomic E-state index is 12.9. The van der Waals surface area contributed by atoms with Crippen LogP contribution in [0.5, 0.6) is 11.5 Å². The number of halogens is 3. The largest absolute Gasteiger partial charge is 0.489 e. The van der Waals surface area contributed by atoms with Gasteiger partial charge in [-0.3, -0.25) is 4.79 Å². The molecular weight excluding hydrogens is 599 g/mol. The summed E-state index contributed by atoms with van der Waals surface area (Å²) in [6, 6.07) is 27.5. The smallest absolute Gasteiger partial charge is 0.266 e. The standard InChI is InChI=1S/C31H23BrCl2N2O3/c1-20-3-2-4-21(13-20)18-39-30-12-6-25(32)15-23(30)14-24(17-35)31(37)36-27-8-10-28(11-9-27)38-19-22-5-7-26(33)16-29(22)34/h2-16H,18-19H2,1H3,(H,36,37)/b24-14+. The molecule has 0 saturated carbocycles. The van der Waals surface area contributed by atoms with E-state index >= 15 is 0 Å². The number of hydrogen-bond donors (Lipinski definition) is 1. The van der Waals surface area contributed by atoms with Crippen molar-refractivity contribution in [3.63, 3.8) is 0 Å². The number of amides is 1. The van der Waals surface area contributed by atoms with Gasteiger partial charge < -0.3 is 14.8 Å². The van der Waals surface area contributed by atoms with Crippen LogP contribution in [-0.2, 0) is 18.0 Å². The number of nitrogens with one attached hydrogen (secondary N) is 1. The van der Waals surface area contributed by atoms with Gasteiger partial charge in [-0.1, -0.05) is 75.0 Å². The number of aryl methyl sites for hydroxylation is 1. The number of nitriles is 1. The minimum Gasteiger partial charge on any atom is -0.489 e. The molecule has 4 rings (SSSR count). The van der Waals surface area contributed by atoms with Crippen molar-refractivity contribution in [2.75, 3.05) is 5.32 Å². The lowest BCUT2D eigenvalue weighted by atomic mass is 10.1. The van der Waals surface area contributed by atoms with E-state index < -0.39 is 5.91 Å². The van der Waals surface area contributed by atoms with E-state index in [9.17, 15) is 10.1 Å². The van der Waals surface area contributed by atoms with E-state index in [1.54, 1.807) is 54.6 Å². The maximum atomic E-state index is 12.9. The fraction of sp³-hybridized carbons (Fsp3) is 0.0968. The van der Waals surface area contributed by atoms with E-state index in [4.69, 9.17) is 32.7 Å². The number of rotatable bonds is 9. The summed E-state index contributed by atoms with van der Waals surface area (Å²) in [6.07, 6.45) is 1.51. The van der Waals surface area contributed by atoms with Crippen LogP contribution in [0.15, 0.2) is 95.0 Å². The van der Waals surface area contributed by atoms with Gasteiger partial charge in [0.2, 0.25) is 0 Å². The first kappa shape index (κ1) is 28.3. The first-order chi connectivity index (χ1) is 18.8. The van der Waals surface area contributed by atoms with Gasteiger partial charge in [0.05, 0.1) is 0 Å². The molecule has 0 aliphatic heterocycles. The lowest BCUT2D eigenvalue weighted by molar-refractivity contribution is -0.112. The van der Waals surface area contributed by atoms with Gasteiger partial charge in [0, 0.05) is 31.3 Å². The Morgan fingerprint density at radius 2 is 1.77 bits per heavy atom. The van der Waals surface area contributed by atoms with E-state index in [-0.39, 0.29) is 12.2 Å². The highest BCUT2D eigenvalue weighted by Crippen LogP contribution is 2.27. The molecule has 5 nitrogen and oxygen atoms in total. The van der Waals surface area contributed by atoms with E-state index in [1.165, 1.54) is 6.08 Å². The van der Waals surface area contributed by atoms with Crippen molar-refractivity contribution >= 4 is 56.8 Å². The monoisotopic (exact) mass is 620 g/mol. The number of anilines is 1. The minimum absolute atomic E-state index is 0.0637. The molecule has 0 atom stereocenters. The third kappa shape index (κ3) is 8.11. The fourth-order valence-corrected chi connectivity index (χ4v) is 4.51. The van der Waals surface area contributed by atoms with Gasteiger partial charge in [0.25, 0.3) is 5.91 Å². The van der Waals surface area contributed by atoms with Crippen molar-refractivity contribution < 1.29 is 14.3 Å². The molecule has 0 aliphatic rings. The molecule has 0 bridgehead atoms. The average Bonchev–Trinajstić information content (AvgIpc) is 2.91. The number of nitrogens with zero attached hydrogens (tertiary/aromatic N) is 1. The zero-order chi connectivity index (χ0) is 27.8. The number of ether oxygens (including phenoxy) is 2. The van der Waals surface area contributed by atoms with E-state index in [0.29, 0.717) is 39.4 Å². The topological polar surface area (TPSA) is 71.3 Å². The van der Waals surface area contributed by atoms with Crippen LogP contribution in [0.4, 0.5) is 5.69 Å². The third-order valence-corrected chi connectivity index (χ3v) is 6.72. The molecule has 196 valence electrons. The van der Waals surface area contributed by atoms with Crippen LogP contribution in [0.3, 0.4) is 0 Å². The zero-order valence-corrected chi connectivity index (χ0v) is 24.0. The van der Waals surface area contributed by atoms with Crippen molar-refractivity contribution in [3.05, 3.63) is 127 Å². The summed E-state index contributed by atoms with van der Waals surface area (Å²) in [5.41, 5.74) is 4.02. The molecule has 0 heterocycles. The highest BCUT2D eigenvalue weighted by molar-refractivity contribution is 9.10. The van der Waals surface area contributed by atoms with Crippen LogP contribution in [-0.4, -0.2) is 5.91 Å². The second-order valence-electron chi connectivity index (χ2n) is 8.63. The Kier molecular flexibility index (Phi) is 9.67. The predicted molar refractivity (Wildman–Crippen MR) is 159 cm³/mol. The van der Waals surface area contributed by atoms with E-state index in [1.807, 2.05) is 43.3 Å². The molecule has 4 aromatic rings. The first-order valence-electron chi connectivity index (χ1n) is 11.9. The van der Waals surface area contributed by atoms with Crippen LogP contribution in [0.1, 0.15) is 22.3 Å². The SMILES string of the molecule is Cc1cccc(COc2ccc(Br)cc2/C=C(\C#N)C(=O)Nc2ccc(OCc3ccc(Cl)cc3Cl)cc2)c1. The summed E-state index contributed by atoms with van der Waals surface area (Å²) in [7, 11) is 0. The molecule has 0 unspecified atom stereocenters. The lowest BCUT2D eigenvalue weighted by Crippen LogP contribution is -2.13. The highest BCUT2D eigenvalue weighted by Gasteiger charge is 2.13. The molecule has 8 heteroatoms. The van der Waals surface area contributed by atoms with Gasteiger partial charge in [-0.25, -0.2) is 0 Å². The summed E-state index contributed by atoms with van der Waals surface area (Å²) in [5, 5.41) is 13.6. The second kappa shape index (κ2) is 13.3. The first-order valence-corrected chi connectivity index (χ1v) is 13.4. The number of carbonyl (C=O) groups excluding carboxylic acids is 1. The Morgan fingerprint density at radius 3 is 2.49 bits per heavy atom. The normalized spacial score (nSPS) is 11.0. The van der Waals surface area contributed by atoms with Gasteiger partial charge in [0.15, 0.2) is 0 Å². The molecule has 4 aromatic carbocycles. The molecule has 0 aliphatic carbocycles. The summed E-state index contributed by atoms with van der Waals surface area (Å²) >= 11 is 15.6. The van der Waals surface area contributed by atoms with Crippen LogP contribution < -0.4 is 14.8 Å². The van der Waals surface area contributed by atoms with Gasteiger partial charge in [-0.15, -0.1) is 0 Å². The molecule has 0 fully saturated rings. The van der Waals surface area contributed by atoms with Crippen molar-refractivity contribution in [2.45, 2.75) is 20.1 Å². The maximum Gasteiger partial charge on any atom is 0.266 e. The van der Waals surface area contributed by atoms with Crippen LogP contribution in [0.25, 0.3) is 6.08 Å². The zero-order valence-electron chi connectivity index (χ0n) is 20.9. The van der Waals surface area contributed by atoms with Crippen LogP contribution >= 0.6 is 39.1 Å². The average molecular weight is 622 g/mol. The molecule has 0 radical (unpaired) electrons. The van der Waals surface area contributed by atoms with Crippen molar-refractivity contribution in [3.8, 4) is 17.6 Å². The number of carbonyl (C=O) groups is 1. The van der Waals surface area contributed by atoms with Gasteiger partial charge in [0.1, 0.15) is 36.4 Å². The highest BCUT2D eigenvalue weighted by atomic mass is 79.9. The van der Waals surface area contributed by atoms with Crippen molar-refractivity contribution in [2.24, 2.45) is 0 Å². The van der Waals surface area contributed by atoms with Crippen LogP contribution in [0.2, 0.25) is 10.0 Å². The third-order valence-electron chi connectivity index (χ3n) is 5.64. The molecule has 0 saturated heterocycles. The molecular formula is C31H23BrCl2N2O3. The molecule has 39 heavy (non-hydrogen) atoms. The Hall–Kier alpha value is -3.76. The number of benzene rings is 4. The summed E-state index contributed by atoms with van der Waals surface area (Å²) < 4.78 is 12.6. The fourth-order valence-electron chi connectivity index (χ4n) is 3.66. The molecule has 1 N–H and O–H groups in total. The Labute approximate surface area is 245 Å².